The fourth-order valence-electron chi connectivity index (χ4n) is 2.05. The molecule has 1 amide bonds. The lowest BCUT2D eigenvalue weighted by atomic mass is 10.2. The molecule has 1 aliphatic rings. The number of halogens is 1. The van der Waals surface area contributed by atoms with E-state index in [0.29, 0.717) is 23.2 Å². The number of benzene rings is 1. The molecule has 98 valence electrons. The molecule has 1 unspecified atom stereocenters. The lowest BCUT2D eigenvalue weighted by Gasteiger charge is -2.12. The second-order valence-corrected chi connectivity index (χ2v) is 5.64. The van der Waals surface area contributed by atoms with E-state index in [0.717, 1.165) is 17.9 Å². The van der Waals surface area contributed by atoms with Crippen molar-refractivity contribution in [1.82, 2.24) is 10.6 Å². The Morgan fingerprint density at radius 2 is 2.44 bits per heavy atom. The Balaban J connectivity index is 1.98. The van der Waals surface area contributed by atoms with Crippen LogP contribution < -0.4 is 10.6 Å². The maximum absolute atomic E-state index is 12.1. The summed E-state index contributed by atoms with van der Waals surface area (Å²) in [5.74, 6) is -0.0930. The van der Waals surface area contributed by atoms with Gasteiger partial charge in [-0.2, -0.15) is 0 Å². The maximum atomic E-state index is 12.1. The van der Waals surface area contributed by atoms with Crippen molar-refractivity contribution in [3.05, 3.63) is 28.8 Å². The van der Waals surface area contributed by atoms with Crippen LogP contribution in [0.25, 0.3) is 0 Å². The normalized spacial score (nSPS) is 18.9. The van der Waals surface area contributed by atoms with Crippen molar-refractivity contribution in [2.24, 2.45) is 0 Å². The maximum Gasteiger partial charge on any atom is 0.252 e. The molecule has 1 fully saturated rings. The third kappa shape index (κ3) is 3.40. The van der Waals surface area contributed by atoms with E-state index in [9.17, 15) is 4.79 Å². The Hall–Kier alpha value is -0.710. The van der Waals surface area contributed by atoms with Crippen LogP contribution in [0.1, 0.15) is 23.2 Å². The Bertz CT molecular complexity index is 433. The smallest absolute Gasteiger partial charge is 0.252 e. The van der Waals surface area contributed by atoms with Crippen molar-refractivity contribution >= 4 is 29.3 Å². The molecule has 5 heteroatoms. The number of thioether (sulfide) groups is 1. The van der Waals surface area contributed by atoms with E-state index >= 15 is 0 Å². The fourth-order valence-corrected chi connectivity index (χ4v) is 2.69. The standard InChI is InChI=1S/C13H17ClN2OS/c1-18-10-4-5-12(14)11(7-10)13(17)16-8-9-3-2-6-15-9/h4-5,7,9,15H,2-3,6,8H2,1H3,(H,16,17). The van der Waals surface area contributed by atoms with Crippen LogP contribution in [0.3, 0.4) is 0 Å². The fraction of sp³-hybridized carbons (Fsp3) is 0.462. The minimum Gasteiger partial charge on any atom is -0.350 e. The molecule has 1 aromatic rings. The lowest BCUT2D eigenvalue weighted by molar-refractivity contribution is 0.0950. The molecular weight excluding hydrogens is 268 g/mol. The van der Waals surface area contributed by atoms with Gasteiger partial charge in [-0.15, -0.1) is 11.8 Å². The highest BCUT2D eigenvalue weighted by atomic mass is 35.5. The van der Waals surface area contributed by atoms with Crippen molar-refractivity contribution in [2.45, 2.75) is 23.8 Å². The van der Waals surface area contributed by atoms with Crippen LogP contribution in [0.15, 0.2) is 23.1 Å². The van der Waals surface area contributed by atoms with Gasteiger partial charge >= 0.3 is 0 Å². The summed E-state index contributed by atoms with van der Waals surface area (Å²) >= 11 is 7.66. The summed E-state index contributed by atoms with van der Waals surface area (Å²) in [6, 6.07) is 5.93. The molecule has 2 rings (SSSR count). The second kappa shape index (κ2) is 6.45. The number of nitrogens with one attached hydrogen (secondary N) is 2. The van der Waals surface area contributed by atoms with E-state index in [2.05, 4.69) is 10.6 Å². The number of hydrogen-bond acceptors (Lipinski definition) is 3. The SMILES string of the molecule is CSc1ccc(Cl)c(C(=O)NCC2CCCN2)c1. The Kier molecular flexibility index (Phi) is 4.92. The van der Waals surface area contributed by atoms with Crippen LogP contribution in [0.4, 0.5) is 0 Å². The Morgan fingerprint density at radius 3 is 3.11 bits per heavy atom. The summed E-state index contributed by atoms with van der Waals surface area (Å²) in [7, 11) is 0. The van der Waals surface area contributed by atoms with Gasteiger partial charge in [0.05, 0.1) is 10.6 Å². The predicted molar refractivity (Wildman–Crippen MR) is 76.6 cm³/mol. The van der Waals surface area contributed by atoms with Crippen LogP contribution >= 0.6 is 23.4 Å². The lowest BCUT2D eigenvalue weighted by Crippen LogP contribution is -2.37. The molecule has 0 spiro atoms. The van der Waals surface area contributed by atoms with Gasteiger partial charge in [-0.25, -0.2) is 0 Å². The first-order valence-electron chi connectivity index (χ1n) is 6.06. The molecule has 0 bridgehead atoms. The van der Waals surface area contributed by atoms with Gasteiger partial charge in [0.15, 0.2) is 0 Å². The highest BCUT2D eigenvalue weighted by Gasteiger charge is 2.16. The number of rotatable bonds is 4. The molecule has 2 N–H and O–H groups in total. The molecule has 1 aromatic carbocycles. The molecule has 1 saturated heterocycles. The van der Waals surface area contributed by atoms with Gasteiger partial charge < -0.3 is 10.6 Å². The summed E-state index contributed by atoms with van der Waals surface area (Å²) in [6.07, 6.45) is 4.29. The van der Waals surface area contributed by atoms with Crippen LogP contribution in [-0.2, 0) is 0 Å². The van der Waals surface area contributed by atoms with E-state index in [1.54, 1.807) is 17.8 Å². The number of carbonyl (C=O) groups is 1. The third-order valence-electron chi connectivity index (χ3n) is 3.09. The van der Waals surface area contributed by atoms with E-state index in [-0.39, 0.29) is 5.91 Å². The van der Waals surface area contributed by atoms with Crippen molar-refractivity contribution < 1.29 is 4.79 Å². The predicted octanol–water partition coefficient (Wildman–Crippen LogP) is 2.54. The molecule has 18 heavy (non-hydrogen) atoms. The minimum absolute atomic E-state index is 0.0930. The van der Waals surface area contributed by atoms with Crippen LogP contribution in [0.2, 0.25) is 5.02 Å². The summed E-state index contributed by atoms with van der Waals surface area (Å²) in [5, 5.41) is 6.79. The topological polar surface area (TPSA) is 41.1 Å². The quantitative estimate of drug-likeness (QED) is 0.835. The molecule has 0 aliphatic carbocycles. The summed E-state index contributed by atoms with van der Waals surface area (Å²) < 4.78 is 0. The highest BCUT2D eigenvalue weighted by molar-refractivity contribution is 7.98. The van der Waals surface area contributed by atoms with Crippen molar-refractivity contribution in [2.75, 3.05) is 19.3 Å². The summed E-state index contributed by atoms with van der Waals surface area (Å²) in [6.45, 7) is 1.71. The third-order valence-corrected chi connectivity index (χ3v) is 4.14. The first-order valence-corrected chi connectivity index (χ1v) is 7.66. The monoisotopic (exact) mass is 284 g/mol. The molecule has 3 nitrogen and oxygen atoms in total. The van der Waals surface area contributed by atoms with Gasteiger partial charge in [0, 0.05) is 17.5 Å². The molecule has 0 aromatic heterocycles. The van der Waals surface area contributed by atoms with Crippen LogP contribution in [-0.4, -0.2) is 31.3 Å². The molecule has 1 atom stereocenters. The molecule has 0 saturated carbocycles. The zero-order chi connectivity index (χ0) is 13.0. The van der Waals surface area contributed by atoms with Crippen molar-refractivity contribution in [1.29, 1.82) is 0 Å². The van der Waals surface area contributed by atoms with Crippen molar-refractivity contribution in [3.63, 3.8) is 0 Å². The number of hydrogen-bond donors (Lipinski definition) is 2. The summed E-state index contributed by atoms with van der Waals surface area (Å²) in [4.78, 5) is 13.1. The van der Waals surface area contributed by atoms with Gasteiger partial charge in [0.1, 0.15) is 0 Å². The second-order valence-electron chi connectivity index (χ2n) is 4.35. The molecule has 1 aliphatic heterocycles. The van der Waals surface area contributed by atoms with Gasteiger partial charge in [-0.05, 0) is 43.8 Å². The zero-order valence-electron chi connectivity index (χ0n) is 10.3. The van der Waals surface area contributed by atoms with E-state index in [4.69, 9.17) is 11.6 Å². The van der Waals surface area contributed by atoms with Crippen LogP contribution in [0.5, 0.6) is 0 Å². The molecule has 0 radical (unpaired) electrons. The van der Waals surface area contributed by atoms with Gasteiger partial charge in [-0.1, -0.05) is 11.6 Å². The van der Waals surface area contributed by atoms with E-state index in [1.165, 1.54) is 6.42 Å². The average Bonchev–Trinajstić information content (AvgIpc) is 2.89. The number of amides is 1. The van der Waals surface area contributed by atoms with E-state index in [1.807, 2.05) is 18.4 Å². The van der Waals surface area contributed by atoms with Gasteiger partial charge in [0.25, 0.3) is 5.91 Å². The Morgan fingerprint density at radius 1 is 1.61 bits per heavy atom. The van der Waals surface area contributed by atoms with Crippen LogP contribution in [0, 0.1) is 0 Å². The first kappa shape index (κ1) is 13.7. The molecule has 1 heterocycles. The van der Waals surface area contributed by atoms with Gasteiger partial charge in [-0.3, -0.25) is 4.79 Å². The zero-order valence-corrected chi connectivity index (χ0v) is 11.9. The minimum atomic E-state index is -0.0930. The van der Waals surface area contributed by atoms with Crippen molar-refractivity contribution in [3.8, 4) is 0 Å². The largest absolute Gasteiger partial charge is 0.350 e. The highest BCUT2D eigenvalue weighted by Crippen LogP contribution is 2.22. The Labute approximate surface area is 117 Å². The first-order chi connectivity index (χ1) is 8.70. The van der Waals surface area contributed by atoms with E-state index < -0.39 is 0 Å². The molecular formula is C13H17ClN2OS. The average molecular weight is 285 g/mol. The number of carbonyl (C=O) groups excluding carboxylic acids is 1. The van der Waals surface area contributed by atoms with Gasteiger partial charge in [0.2, 0.25) is 0 Å². The summed E-state index contributed by atoms with van der Waals surface area (Å²) in [5.41, 5.74) is 0.557.